The number of benzene rings is 9. The predicted octanol–water partition coefficient (Wildman–Crippen LogP) is 15.6. The van der Waals surface area contributed by atoms with Crippen molar-refractivity contribution in [3.8, 4) is 101 Å². The second kappa shape index (κ2) is 31.2. The van der Waals surface area contributed by atoms with Crippen molar-refractivity contribution in [1.29, 1.82) is 0 Å². The molecule has 9 aromatic carbocycles. The Bertz CT molecular complexity index is 5610. The zero-order valence-corrected chi connectivity index (χ0v) is 65.0. The van der Waals surface area contributed by atoms with Crippen molar-refractivity contribution in [2.75, 3.05) is 137 Å². The maximum absolute atomic E-state index is 13.7. The maximum Gasteiger partial charge on any atom is 0.221 e. The SMILES string of the molecule is COCCN1CCN(c2ccc(-c3cccc4c3-c3nc(N)nc(-c5ccc(C)cc5)c3C4=O)cc2)CC1.Cc1ccc(-c2nc(N)nc3c2C(=O)c2cccc(-c4ccc(N5CCN(C(C)C)CC5)cc4)c2-3)cc1.Cc1ccc(-c2nc(N)nc3c2C(=O)c2cccc(-c4ccc(N5CCN(CC6CC6)CC5)cc4)c2-3)cc1. The molecule has 0 bridgehead atoms. The van der Waals surface area contributed by atoms with Gasteiger partial charge in [-0.15, -0.1) is 0 Å². The van der Waals surface area contributed by atoms with Gasteiger partial charge in [0.25, 0.3) is 0 Å². The number of hydrogen-bond acceptors (Lipinski definition) is 19. The highest BCUT2D eigenvalue weighted by Gasteiger charge is 2.39. The minimum atomic E-state index is -0.0598. The van der Waals surface area contributed by atoms with Crippen molar-refractivity contribution in [3.63, 3.8) is 0 Å². The highest BCUT2D eigenvalue weighted by atomic mass is 16.5. The second-order valence-corrected chi connectivity index (χ2v) is 31.0. The smallest absolute Gasteiger partial charge is 0.221 e. The molecule has 19 heteroatoms. The molecular formula is C94H93N15O4. The van der Waals surface area contributed by atoms with Crippen LogP contribution in [0.15, 0.2) is 200 Å². The molecule has 113 heavy (non-hydrogen) atoms. The topological polar surface area (TPSA) is 235 Å². The first-order valence-electron chi connectivity index (χ1n) is 39.5. The zero-order chi connectivity index (χ0) is 77.7. The number of rotatable bonds is 15. The predicted molar refractivity (Wildman–Crippen MR) is 454 cm³/mol. The van der Waals surface area contributed by atoms with Gasteiger partial charge in [0.2, 0.25) is 17.8 Å². The third-order valence-corrected chi connectivity index (χ3v) is 23.3. The standard InChI is InChI=1S/C32H31N5O.C31H31N5O2.C31H31N5O/c1-20-5-9-23(10-6-20)29-28-30(35-32(33)34-29)27-25(3-2-4-26(27)31(28)38)22-11-13-24(14-12-22)37-17-15-36(16-18-37)19-21-7-8-21;1-20-6-8-22(9-7-20)28-27-29(34-31(32)33-28)26-24(4-3-5-25(26)30(27)37)21-10-12-23(13-11-21)36-16-14-35(15-17-36)18-19-38-2;1-19(2)35-15-17-36(18-16-35)23-13-11-21(12-14-23)24-5-4-6-25-26(24)29-27(30(25)37)28(33-31(32)34-29)22-9-7-20(3)8-10-22/h2-6,9-14,21H,7-8,15-19H2,1H3,(H2,33,34,35);3-13H,14-19H2,1-2H3,(H2,32,33,34);4-14,19H,15-18H2,1-3H3,(H2,32,33,34). The minimum Gasteiger partial charge on any atom is -0.383 e. The van der Waals surface area contributed by atoms with E-state index in [9.17, 15) is 14.4 Å². The highest BCUT2D eigenvalue weighted by Crippen LogP contribution is 2.49. The molecular weight excluding hydrogens is 1400 g/mol. The van der Waals surface area contributed by atoms with Crippen LogP contribution in [0.5, 0.6) is 0 Å². The van der Waals surface area contributed by atoms with Gasteiger partial charge in [-0.2, -0.15) is 0 Å². The number of carbonyl (C=O) groups excluding carboxylic acids is 3. The number of nitrogens with zero attached hydrogens (tertiary/aromatic N) is 12. The van der Waals surface area contributed by atoms with E-state index < -0.39 is 0 Å². The summed E-state index contributed by atoms with van der Waals surface area (Å²) in [6.45, 7) is 26.3. The van der Waals surface area contributed by atoms with Crippen LogP contribution in [0.1, 0.15) is 91.1 Å². The maximum atomic E-state index is 13.7. The minimum absolute atomic E-state index is 0.0480. The molecule has 0 spiro atoms. The van der Waals surface area contributed by atoms with Gasteiger partial charge in [0, 0.05) is 172 Å². The number of fused-ring (bicyclic) bond motifs is 9. The van der Waals surface area contributed by atoms with Gasteiger partial charge in [-0.3, -0.25) is 29.1 Å². The van der Waals surface area contributed by atoms with E-state index in [1.807, 2.05) is 130 Å². The van der Waals surface area contributed by atoms with Crippen LogP contribution in [0.4, 0.5) is 34.9 Å². The van der Waals surface area contributed by atoms with E-state index in [1.165, 1.54) is 36.4 Å². The number of aromatic nitrogens is 6. The lowest BCUT2D eigenvalue weighted by Gasteiger charge is -2.38. The van der Waals surface area contributed by atoms with Crippen molar-refractivity contribution in [3.05, 3.63) is 250 Å². The summed E-state index contributed by atoms with van der Waals surface area (Å²) in [6.07, 6.45) is 2.82. The number of ketones is 3. The van der Waals surface area contributed by atoms with Crippen LogP contribution in [0.3, 0.4) is 0 Å². The largest absolute Gasteiger partial charge is 0.383 e. The van der Waals surface area contributed by atoms with Gasteiger partial charge in [-0.25, -0.2) is 29.9 Å². The molecule has 7 aliphatic rings. The van der Waals surface area contributed by atoms with Gasteiger partial charge in [-0.1, -0.05) is 180 Å². The summed E-state index contributed by atoms with van der Waals surface area (Å²) >= 11 is 0. The van der Waals surface area contributed by atoms with Crippen LogP contribution in [-0.2, 0) is 4.74 Å². The average molecular weight is 1500 g/mol. The number of methoxy groups -OCH3 is 1. The molecule has 19 rings (SSSR count). The number of aryl methyl sites for hydroxylation is 3. The molecule has 6 N–H and O–H groups in total. The number of carbonyl (C=O) groups is 3. The summed E-state index contributed by atoms with van der Waals surface area (Å²) in [7, 11) is 1.75. The first kappa shape index (κ1) is 73.7. The van der Waals surface area contributed by atoms with E-state index in [0.717, 1.165) is 181 Å². The van der Waals surface area contributed by atoms with E-state index in [0.29, 0.717) is 73.6 Å². The summed E-state index contributed by atoms with van der Waals surface area (Å²) in [5, 5.41) is 0. The molecule has 568 valence electrons. The summed E-state index contributed by atoms with van der Waals surface area (Å²) in [5.41, 5.74) is 44.0. The Hall–Kier alpha value is -12.1. The first-order valence-corrected chi connectivity index (χ1v) is 39.5. The van der Waals surface area contributed by atoms with Crippen LogP contribution in [-0.4, -0.2) is 173 Å². The van der Waals surface area contributed by atoms with E-state index in [2.05, 4.69) is 164 Å². The summed E-state index contributed by atoms with van der Waals surface area (Å²) in [5.74, 6) is 1.28. The number of nitrogen functional groups attached to an aromatic ring is 3. The van der Waals surface area contributed by atoms with Crippen molar-refractivity contribution < 1.29 is 19.1 Å². The Morgan fingerprint density at radius 2 is 0.628 bits per heavy atom. The molecule has 1 saturated carbocycles. The van der Waals surface area contributed by atoms with Gasteiger partial charge in [0.05, 0.1) is 57.5 Å². The lowest BCUT2D eigenvalue weighted by Crippen LogP contribution is -2.48. The molecule has 12 aromatic rings. The molecule has 3 aliphatic heterocycles. The van der Waals surface area contributed by atoms with Crippen molar-refractivity contribution in [2.45, 2.75) is 53.5 Å². The van der Waals surface area contributed by atoms with E-state index in [-0.39, 0.29) is 35.2 Å². The molecule has 4 fully saturated rings. The Morgan fingerprint density at radius 1 is 0.345 bits per heavy atom. The Labute approximate surface area is 660 Å². The number of hydrogen-bond donors (Lipinski definition) is 3. The summed E-state index contributed by atoms with van der Waals surface area (Å²) in [6, 6.07) is 68.2. The molecule has 3 aromatic heterocycles. The van der Waals surface area contributed by atoms with Crippen LogP contribution in [0, 0.1) is 26.7 Å². The van der Waals surface area contributed by atoms with Gasteiger partial charge < -0.3 is 36.6 Å². The molecule has 4 aliphatic carbocycles. The molecule has 19 nitrogen and oxygen atoms in total. The fraction of sp³-hybridized carbons (Fsp3) is 0.266. The van der Waals surface area contributed by atoms with Crippen LogP contribution in [0.25, 0.3) is 101 Å². The van der Waals surface area contributed by atoms with Gasteiger partial charge in [0.15, 0.2) is 17.3 Å². The third-order valence-electron chi connectivity index (χ3n) is 23.3. The molecule has 6 heterocycles. The first-order chi connectivity index (χ1) is 55.0. The number of piperazine rings is 3. The van der Waals surface area contributed by atoms with Crippen molar-refractivity contribution in [1.82, 2.24) is 44.6 Å². The monoisotopic (exact) mass is 1500 g/mol. The third kappa shape index (κ3) is 14.7. The molecule has 3 saturated heterocycles. The van der Waals surface area contributed by atoms with Gasteiger partial charge in [-0.05, 0) is 123 Å². The Kier molecular flexibility index (Phi) is 20.3. The fourth-order valence-electron chi connectivity index (χ4n) is 16.9. The van der Waals surface area contributed by atoms with Crippen LogP contribution in [0.2, 0.25) is 0 Å². The summed E-state index contributed by atoms with van der Waals surface area (Å²) in [4.78, 5) is 83.1. The summed E-state index contributed by atoms with van der Waals surface area (Å²) < 4.78 is 5.22. The van der Waals surface area contributed by atoms with Gasteiger partial charge >= 0.3 is 0 Å². The lowest BCUT2D eigenvalue weighted by molar-refractivity contribution is 0.103. The quantitative estimate of drug-likeness (QED) is 0.0865. The second-order valence-electron chi connectivity index (χ2n) is 31.0. The Morgan fingerprint density at radius 3 is 0.929 bits per heavy atom. The van der Waals surface area contributed by atoms with Crippen molar-refractivity contribution >= 4 is 52.3 Å². The van der Waals surface area contributed by atoms with Crippen LogP contribution >= 0.6 is 0 Å². The lowest BCUT2D eigenvalue weighted by atomic mass is 9.96. The van der Waals surface area contributed by atoms with Crippen molar-refractivity contribution in [2.24, 2.45) is 5.92 Å². The number of ether oxygens (including phenoxy) is 1. The Balaban J connectivity index is 0.000000123. The van der Waals surface area contributed by atoms with E-state index >= 15 is 0 Å². The number of anilines is 6. The molecule has 0 amide bonds. The van der Waals surface area contributed by atoms with E-state index in [1.54, 1.807) is 7.11 Å². The zero-order valence-electron chi connectivity index (χ0n) is 65.0. The molecule has 0 radical (unpaired) electrons. The average Bonchev–Trinajstić information content (AvgIpc) is 1.60. The molecule has 0 atom stereocenters. The normalized spacial score (nSPS) is 15.7. The molecule has 0 unspecified atom stereocenters. The fourth-order valence-corrected chi connectivity index (χ4v) is 16.9. The highest BCUT2D eigenvalue weighted by molar-refractivity contribution is 6.27. The van der Waals surface area contributed by atoms with E-state index in [4.69, 9.17) is 21.9 Å². The van der Waals surface area contributed by atoms with Gasteiger partial charge in [0.1, 0.15) is 0 Å². The number of nitrogens with two attached hydrogens (primary N) is 3. The van der Waals surface area contributed by atoms with Crippen LogP contribution < -0.4 is 31.9 Å².